The average Bonchev–Trinajstić information content (AvgIpc) is 2.71. The van der Waals surface area contributed by atoms with Crippen LogP contribution in [0.25, 0.3) is 0 Å². The first-order chi connectivity index (χ1) is 7.59. The zero-order chi connectivity index (χ0) is 12.0. The third-order valence-corrected chi connectivity index (χ3v) is 5.41. The Labute approximate surface area is 99.9 Å². The van der Waals surface area contributed by atoms with Gasteiger partial charge in [0.25, 0.3) is 0 Å². The monoisotopic (exact) mass is 247 g/mol. The summed E-state index contributed by atoms with van der Waals surface area (Å²) < 4.78 is 23.4. The maximum Gasteiger partial charge on any atom is 0.150 e. The number of unbranched alkanes of at least 4 members (excludes halogenated alkanes) is 1. The molecule has 0 aromatic rings. The zero-order valence-corrected chi connectivity index (χ0v) is 11.4. The predicted molar refractivity (Wildman–Crippen MR) is 68.4 cm³/mol. The van der Waals surface area contributed by atoms with Crippen LogP contribution in [-0.2, 0) is 9.84 Å². The van der Waals surface area contributed by atoms with Crippen LogP contribution < -0.4 is 5.32 Å². The number of hydrogen-bond acceptors (Lipinski definition) is 3. The second-order valence-electron chi connectivity index (χ2n) is 4.88. The molecule has 2 atom stereocenters. The molecule has 0 amide bonds. The van der Waals surface area contributed by atoms with E-state index in [1.54, 1.807) is 0 Å². The van der Waals surface area contributed by atoms with Gasteiger partial charge in [-0.15, -0.1) is 0 Å². The minimum absolute atomic E-state index is 0.375. The van der Waals surface area contributed by atoms with Crippen LogP contribution in [0.1, 0.15) is 45.4 Å². The fourth-order valence-electron chi connectivity index (χ4n) is 2.56. The van der Waals surface area contributed by atoms with Crippen molar-refractivity contribution in [2.45, 2.75) is 51.5 Å². The summed E-state index contributed by atoms with van der Waals surface area (Å²) in [5.74, 6) is 1.33. The lowest BCUT2D eigenvalue weighted by atomic mass is 10.0. The van der Waals surface area contributed by atoms with Crippen molar-refractivity contribution < 1.29 is 8.42 Å². The lowest BCUT2D eigenvalue weighted by molar-refractivity contribution is 0.414. The molecule has 0 aliphatic heterocycles. The van der Waals surface area contributed by atoms with Crippen molar-refractivity contribution in [3.8, 4) is 0 Å². The molecule has 1 fully saturated rings. The van der Waals surface area contributed by atoms with E-state index in [0.717, 1.165) is 19.3 Å². The third kappa shape index (κ3) is 4.42. The second kappa shape index (κ2) is 6.60. The molecular weight excluding hydrogens is 222 g/mol. The Bertz CT molecular complexity index is 287. The molecule has 1 N–H and O–H groups in total. The van der Waals surface area contributed by atoms with Crippen LogP contribution in [0.2, 0.25) is 0 Å². The van der Waals surface area contributed by atoms with Crippen molar-refractivity contribution in [1.29, 1.82) is 0 Å². The van der Waals surface area contributed by atoms with Crippen LogP contribution in [0, 0.1) is 5.92 Å². The van der Waals surface area contributed by atoms with Crippen molar-refractivity contribution in [2.24, 2.45) is 5.92 Å². The molecule has 4 heteroatoms. The van der Waals surface area contributed by atoms with Crippen molar-refractivity contribution >= 4 is 9.84 Å². The lowest BCUT2D eigenvalue weighted by Gasteiger charge is -2.18. The maximum atomic E-state index is 11.7. The summed E-state index contributed by atoms with van der Waals surface area (Å²) in [5, 5.41) is 3.30. The number of sulfone groups is 1. The minimum atomic E-state index is -2.79. The molecule has 1 saturated carbocycles. The van der Waals surface area contributed by atoms with Gasteiger partial charge in [-0.25, -0.2) is 8.42 Å². The summed E-state index contributed by atoms with van der Waals surface area (Å²) >= 11 is 0. The average molecular weight is 247 g/mol. The highest BCUT2D eigenvalue weighted by molar-refractivity contribution is 7.91. The Kier molecular flexibility index (Phi) is 5.76. The van der Waals surface area contributed by atoms with Gasteiger partial charge in [0.2, 0.25) is 0 Å². The standard InChI is InChI=1S/C12H25NO2S/c1-3-4-9-16(14,15)10-8-11-6-5-7-12(11)13-2/h11-13H,3-10H2,1-2H3. The molecular formula is C12H25NO2S. The molecule has 0 aromatic carbocycles. The molecule has 0 radical (unpaired) electrons. The van der Waals surface area contributed by atoms with E-state index in [0.29, 0.717) is 23.5 Å². The van der Waals surface area contributed by atoms with E-state index < -0.39 is 9.84 Å². The van der Waals surface area contributed by atoms with Crippen molar-refractivity contribution in [3.05, 3.63) is 0 Å². The van der Waals surface area contributed by atoms with Gasteiger partial charge < -0.3 is 5.32 Å². The van der Waals surface area contributed by atoms with Crippen molar-refractivity contribution in [3.63, 3.8) is 0 Å². The van der Waals surface area contributed by atoms with Crippen LogP contribution in [0.3, 0.4) is 0 Å². The molecule has 0 spiro atoms. The van der Waals surface area contributed by atoms with E-state index in [2.05, 4.69) is 5.32 Å². The SMILES string of the molecule is CCCCS(=O)(=O)CCC1CCCC1NC. The summed E-state index contributed by atoms with van der Waals surface area (Å²) in [6, 6.07) is 0.543. The maximum absolute atomic E-state index is 11.7. The molecule has 0 bridgehead atoms. The van der Waals surface area contributed by atoms with Crippen molar-refractivity contribution in [1.82, 2.24) is 5.32 Å². The Morgan fingerprint density at radius 3 is 2.62 bits per heavy atom. The van der Waals surface area contributed by atoms with Gasteiger partial charge in [-0.1, -0.05) is 19.8 Å². The largest absolute Gasteiger partial charge is 0.317 e. The Morgan fingerprint density at radius 2 is 2.00 bits per heavy atom. The highest BCUT2D eigenvalue weighted by atomic mass is 32.2. The summed E-state index contributed by atoms with van der Waals surface area (Å²) in [6.07, 6.45) is 6.25. The van der Waals surface area contributed by atoms with Crippen LogP contribution >= 0.6 is 0 Å². The number of hydrogen-bond donors (Lipinski definition) is 1. The van der Waals surface area contributed by atoms with Gasteiger partial charge in [0.1, 0.15) is 9.84 Å². The van der Waals surface area contributed by atoms with Gasteiger partial charge in [0.05, 0.1) is 11.5 Å². The zero-order valence-electron chi connectivity index (χ0n) is 10.5. The van der Waals surface area contributed by atoms with Gasteiger partial charge in [0.15, 0.2) is 0 Å². The van der Waals surface area contributed by atoms with Crippen molar-refractivity contribution in [2.75, 3.05) is 18.6 Å². The van der Waals surface area contributed by atoms with Gasteiger partial charge in [-0.05, 0) is 38.6 Å². The molecule has 0 aromatic heterocycles. The molecule has 16 heavy (non-hydrogen) atoms. The van der Waals surface area contributed by atoms with Crippen LogP contribution in [-0.4, -0.2) is 33.0 Å². The first-order valence-electron chi connectivity index (χ1n) is 6.46. The first-order valence-corrected chi connectivity index (χ1v) is 8.29. The normalized spacial score (nSPS) is 26.1. The fourth-order valence-corrected chi connectivity index (χ4v) is 4.15. The fraction of sp³-hybridized carbons (Fsp3) is 1.00. The Balaban J connectivity index is 2.33. The van der Waals surface area contributed by atoms with E-state index in [4.69, 9.17) is 0 Å². The van der Waals surface area contributed by atoms with Crippen LogP contribution in [0.4, 0.5) is 0 Å². The number of nitrogens with one attached hydrogen (secondary N) is 1. The second-order valence-corrected chi connectivity index (χ2v) is 7.18. The smallest absolute Gasteiger partial charge is 0.150 e. The number of rotatable bonds is 7. The van der Waals surface area contributed by atoms with Gasteiger partial charge in [0, 0.05) is 6.04 Å². The lowest BCUT2D eigenvalue weighted by Crippen LogP contribution is -2.30. The van der Waals surface area contributed by atoms with E-state index in [1.807, 2.05) is 14.0 Å². The van der Waals surface area contributed by atoms with E-state index in [9.17, 15) is 8.42 Å². The quantitative estimate of drug-likeness (QED) is 0.748. The summed E-state index contributed by atoms with van der Waals surface area (Å²) in [6.45, 7) is 2.03. The highest BCUT2D eigenvalue weighted by Gasteiger charge is 2.26. The van der Waals surface area contributed by atoms with Gasteiger partial charge >= 0.3 is 0 Å². The topological polar surface area (TPSA) is 46.2 Å². The first kappa shape index (κ1) is 14.0. The van der Waals surface area contributed by atoms with E-state index in [1.165, 1.54) is 19.3 Å². The molecule has 2 unspecified atom stereocenters. The van der Waals surface area contributed by atoms with Crippen LogP contribution in [0.15, 0.2) is 0 Å². The van der Waals surface area contributed by atoms with E-state index in [-0.39, 0.29) is 0 Å². The molecule has 1 rings (SSSR count). The Morgan fingerprint density at radius 1 is 1.25 bits per heavy atom. The summed E-state index contributed by atoms with van der Waals surface area (Å²) in [5.41, 5.74) is 0. The molecule has 3 nitrogen and oxygen atoms in total. The predicted octanol–water partition coefficient (Wildman–Crippen LogP) is 1.98. The summed E-state index contributed by atoms with van der Waals surface area (Å²) in [7, 11) is -0.810. The third-order valence-electron chi connectivity index (χ3n) is 3.64. The molecule has 1 aliphatic carbocycles. The molecule has 96 valence electrons. The van der Waals surface area contributed by atoms with Gasteiger partial charge in [-0.2, -0.15) is 0 Å². The van der Waals surface area contributed by atoms with Crippen LogP contribution in [0.5, 0.6) is 0 Å². The summed E-state index contributed by atoms with van der Waals surface area (Å²) in [4.78, 5) is 0. The Hall–Kier alpha value is -0.0900. The minimum Gasteiger partial charge on any atom is -0.317 e. The molecule has 1 aliphatic rings. The van der Waals surface area contributed by atoms with E-state index >= 15 is 0 Å². The van der Waals surface area contributed by atoms with Gasteiger partial charge in [-0.3, -0.25) is 0 Å². The molecule has 0 heterocycles. The molecule has 0 saturated heterocycles. The highest BCUT2D eigenvalue weighted by Crippen LogP contribution is 2.28.